The van der Waals surface area contributed by atoms with Crippen LogP contribution in [0.3, 0.4) is 0 Å². The van der Waals surface area contributed by atoms with E-state index in [1.165, 1.54) is 27.1 Å². The minimum absolute atomic E-state index is 0. The third-order valence-electron chi connectivity index (χ3n) is 20.2. The molecule has 1 N–H and O–H groups in total. The van der Waals surface area contributed by atoms with Crippen molar-refractivity contribution in [2.45, 2.75) is 159 Å². The van der Waals surface area contributed by atoms with E-state index in [1.807, 2.05) is 73.7 Å². The summed E-state index contributed by atoms with van der Waals surface area (Å²) in [5, 5.41) is 16.6. The van der Waals surface area contributed by atoms with Gasteiger partial charge in [0, 0.05) is 86.7 Å². The van der Waals surface area contributed by atoms with Crippen molar-refractivity contribution in [2.75, 3.05) is 47.7 Å². The Labute approximate surface area is 603 Å². The van der Waals surface area contributed by atoms with Crippen molar-refractivity contribution in [3.63, 3.8) is 0 Å². The van der Waals surface area contributed by atoms with Gasteiger partial charge >= 0.3 is 12.2 Å². The second kappa shape index (κ2) is 36.0. The summed E-state index contributed by atoms with van der Waals surface area (Å²) in [5.74, 6) is 0.236. The number of fused-ring (bicyclic) bond motifs is 6. The maximum Gasteiger partial charge on any atom is 0.410 e. The summed E-state index contributed by atoms with van der Waals surface area (Å²) >= 11 is 11.9. The number of hydrogen-bond donors (Lipinski definition) is 1. The van der Waals surface area contributed by atoms with Crippen LogP contribution in [0.25, 0.3) is 22.3 Å². The summed E-state index contributed by atoms with van der Waals surface area (Å²) in [4.78, 5) is 90.7. The van der Waals surface area contributed by atoms with Crippen molar-refractivity contribution in [2.24, 2.45) is 34.0 Å². The van der Waals surface area contributed by atoms with Gasteiger partial charge in [0.25, 0.3) is 0 Å². The van der Waals surface area contributed by atoms with Crippen LogP contribution in [0.15, 0.2) is 168 Å². The second-order valence-electron chi connectivity index (χ2n) is 27.3. The number of benzene rings is 6. The molecule has 13 rings (SSSR count). The van der Waals surface area contributed by atoms with Crippen LogP contribution in [0.4, 0.5) is 14.0 Å². The van der Waals surface area contributed by atoms with Crippen LogP contribution in [0.2, 0.25) is 10.0 Å². The lowest BCUT2D eigenvalue weighted by molar-refractivity contribution is -0.136. The molecule has 6 aromatic carbocycles. The molecule has 6 aromatic rings. The Balaban J connectivity index is 0.000000204. The monoisotopic (exact) mass is 1420 g/mol. The van der Waals surface area contributed by atoms with Gasteiger partial charge in [-0.15, -0.1) is 0 Å². The molecule has 0 bridgehead atoms. The summed E-state index contributed by atoms with van der Waals surface area (Å²) < 4.78 is 32.9. The number of oxime groups is 2. The van der Waals surface area contributed by atoms with Gasteiger partial charge in [0.15, 0.2) is 28.7 Å². The predicted octanol–water partition coefficient (Wildman–Crippen LogP) is 17.7. The van der Waals surface area contributed by atoms with Gasteiger partial charge in [-0.05, 0) is 143 Å². The van der Waals surface area contributed by atoms with E-state index < -0.39 is 42.1 Å². The summed E-state index contributed by atoms with van der Waals surface area (Å²) in [5.41, 5.74) is 11.4. The Morgan fingerprint density at radius 1 is 0.644 bits per heavy atom. The van der Waals surface area contributed by atoms with Gasteiger partial charge in [0.1, 0.15) is 25.4 Å². The molecule has 4 aliphatic carbocycles. The average Bonchev–Trinajstić information content (AvgIpc) is 1.62. The molecule has 1 spiro atoms. The minimum atomic E-state index is -0.883. The summed E-state index contributed by atoms with van der Waals surface area (Å²) in [6.07, 6.45) is 8.88. The maximum absolute atomic E-state index is 14.3. The van der Waals surface area contributed by atoms with Gasteiger partial charge in [-0.25, -0.2) is 9.59 Å². The normalized spacial score (nSPS) is 19.6. The molecule has 7 aliphatic rings. The second-order valence-corrected chi connectivity index (χ2v) is 28.2. The molecule has 3 aliphatic heterocycles. The number of ketones is 4. The highest BCUT2D eigenvalue weighted by Crippen LogP contribution is 2.48. The highest BCUT2D eigenvalue weighted by atomic mass is 35.5. The zero-order valence-corrected chi connectivity index (χ0v) is 59.2. The molecule has 101 heavy (non-hydrogen) atoms. The number of nitrogens with zero attached hydrogens (tertiary/aromatic N) is 4. The van der Waals surface area contributed by atoms with E-state index in [2.05, 4.69) is 72.3 Å². The number of alkyl halides is 1. The Morgan fingerprint density at radius 3 is 1.52 bits per heavy atom. The van der Waals surface area contributed by atoms with E-state index in [0.717, 1.165) is 101 Å². The lowest BCUT2D eigenvalue weighted by Gasteiger charge is -2.28. The average molecular weight is 1420 g/mol. The van der Waals surface area contributed by atoms with E-state index in [4.69, 9.17) is 52.2 Å². The van der Waals surface area contributed by atoms with Crippen molar-refractivity contribution in [1.29, 1.82) is 0 Å². The molecular formula is C82H95Cl2FN4O12. The summed E-state index contributed by atoms with van der Waals surface area (Å²) in [7, 11) is 3.61. The predicted molar refractivity (Wildman–Crippen MR) is 393 cm³/mol. The first kappa shape index (κ1) is 76.8. The van der Waals surface area contributed by atoms with Crippen LogP contribution >= 0.6 is 23.2 Å². The number of halogens is 3. The molecule has 2 unspecified atom stereocenters. The van der Waals surface area contributed by atoms with Crippen LogP contribution in [0.1, 0.15) is 163 Å². The molecule has 16 nitrogen and oxygen atoms in total. The van der Waals surface area contributed by atoms with Gasteiger partial charge in [0.05, 0.1) is 37.7 Å². The molecule has 0 radical (unpaired) electrons. The molecule has 4 fully saturated rings. The molecule has 19 heteroatoms. The van der Waals surface area contributed by atoms with Crippen molar-refractivity contribution in [3.8, 4) is 22.3 Å². The third-order valence-corrected chi connectivity index (χ3v) is 20.7. The third kappa shape index (κ3) is 18.9. The lowest BCUT2D eigenvalue weighted by atomic mass is 9.84. The van der Waals surface area contributed by atoms with Crippen LogP contribution in [0.5, 0.6) is 0 Å². The SMILES string of the molecule is C.C=C1C[C@@H](C(=O)C[C@H](CCC)C(OC)C(=O)CC2CC2)N(C(=O)OCC2c3ccccc3-c3ccccc32)C1.CCC[C@@H](CC(=O)[C@@H]1C[C@]2(CC(c3cccc(Cl)c3)=NO2)CN1C(=O)OCC1c2ccccc2-c2ccccc21)C(OC)C(=O)CC1CC1.CF.O/N=C\c1cccc(Cl)c1. The molecule has 0 aromatic heterocycles. The van der Waals surface area contributed by atoms with Crippen LogP contribution in [0, 0.1) is 23.7 Å². The first-order valence-electron chi connectivity index (χ1n) is 34.9. The van der Waals surface area contributed by atoms with Crippen molar-refractivity contribution in [3.05, 3.63) is 201 Å². The lowest BCUT2D eigenvalue weighted by Crippen LogP contribution is -2.43. The number of amides is 2. The maximum atomic E-state index is 14.3. The van der Waals surface area contributed by atoms with Crippen molar-refractivity contribution >= 4 is 70.4 Å². The number of ether oxygens (including phenoxy) is 4. The Morgan fingerprint density at radius 2 is 1.09 bits per heavy atom. The zero-order chi connectivity index (χ0) is 71.0. The van der Waals surface area contributed by atoms with Gasteiger partial charge < -0.3 is 29.0 Å². The fourth-order valence-corrected chi connectivity index (χ4v) is 15.5. The molecule has 3 heterocycles. The smallest absolute Gasteiger partial charge is 0.410 e. The summed E-state index contributed by atoms with van der Waals surface area (Å²) in [6.45, 7) is 8.97. The molecule has 2 amide bonds. The van der Waals surface area contributed by atoms with Crippen LogP contribution in [-0.2, 0) is 43.0 Å². The van der Waals surface area contributed by atoms with E-state index in [0.29, 0.717) is 67.7 Å². The van der Waals surface area contributed by atoms with E-state index in [-0.39, 0.29) is 93.3 Å². The van der Waals surface area contributed by atoms with Gasteiger partial charge in [0.2, 0.25) is 0 Å². The fourth-order valence-electron chi connectivity index (χ4n) is 15.1. The molecular weight excluding hydrogens is 1320 g/mol. The minimum Gasteiger partial charge on any atom is -0.448 e. The van der Waals surface area contributed by atoms with E-state index in [1.54, 1.807) is 44.6 Å². The topological polar surface area (TPSA) is 200 Å². The fraction of sp³-hybridized carbons (Fsp3) is 0.439. The standard InChI is InChI=1S/C40H43ClN2O6.C33H39NO5.C7H6ClNO.CH3F.CH4/c1-3-9-27(38(47-2)37(45)18-25-16-17-25)20-36(44)35-22-40(21-34(42-49-40)26-10-8-11-28(41)19-26)24-43(35)39(46)48-23-33-31-14-6-4-12-29(31)30-13-5-7-15-32(30)33;1-4-9-23(32(38-3)31(36)17-22-14-15-22)18-30(35)29-16-21(2)19-34(29)33(37)39-20-28-26-12-7-5-10-24(26)25-11-6-8-13-27(25)28;8-7-3-1-2-6(4-7)5-9-10;1-2;/h4-8,10-15,19,25,27,33,35,38H,3,9,16-18,20-24H2,1-2H3;5-8,10-13,22-23,28-29,32H,2,4,9,14-20H2,1,3H3;1-5,10H;1H3;1H4/b;;9-5-;;/t27-,35-,38?,40+;23-,29-,32?;;;/m00.../s1. The number of carbonyl (C=O) groups excluding carboxylic acids is 6. The number of Topliss-reactive ketones (excluding diaryl/α,β-unsaturated/α-hetero) is 4. The Hall–Kier alpha value is -8.35. The number of rotatable bonds is 26. The number of likely N-dealkylation sites (tertiary alicyclic amines) is 2. The molecule has 2 saturated carbocycles. The highest BCUT2D eigenvalue weighted by Gasteiger charge is 2.55. The van der Waals surface area contributed by atoms with Crippen molar-refractivity contribution < 1.29 is 62.1 Å². The van der Waals surface area contributed by atoms with Gasteiger partial charge in [-0.3, -0.25) is 33.4 Å². The Bertz CT molecular complexity index is 3880. The largest absolute Gasteiger partial charge is 0.448 e. The first-order valence-corrected chi connectivity index (χ1v) is 35.7. The van der Waals surface area contributed by atoms with Gasteiger partial charge in [-0.1, -0.05) is 201 Å². The molecule has 2 saturated heterocycles. The zero-order valence-electron chi connectivity index (χ0n) is 57.7. The number of hydrogen-bond acceptors (Lipinski definition) is 14. The molecule has 536 valence electrons. The van der Waals surface area contributed by atoms with Gasteiger partial charge in [-0.2, -0.15) is 0 Å². The number of carbonyl (C=O) groups is 6. The van der Waals surface area contributed by atoms with Crippen LogP contribution < -0.4 is 0 Å². The van der Waals surface area contributed by atoms with E-state index in [9.17, 15) is 33.2 Å². The molecule has 7 atom stereocenters. The van der Waals surface area contributed by atoms with Crippen molar-refractivity contribution in [1.82, 2.24) is 9.80 Å². The van der Waals surface area contributed by atoms with E-state index >= 15 is 0 Å². The first-order chi connectivity index (χ1) is 48.5. The summed E-state index contributed by atoms with van der Waals surface area (Å²) in [6, 6.07) is 45.9. The quantitative estimate of drug-likeness (QED) is 0.0233. The number of methoxy groups -OCH3 is 2. The van der Waals surface area contributed by atoms with Crippen LogP contribution in [-0.4, -0.2) is 140 Å². The Kier molecular flexibility index (Phi) is 27.4. The highest BCUT2D eigenvalue weighted by molar-refractivity contribution is 6.31.